The number of phenolic OH excluding ortho intramolecular Hbond substituents is 1. The maximum Gasteiger partial charge on any atom is 0.264 e. The molecule has 2 amide bonds. The zero-order chi connectivity index (χ0) is 39.1. The molecule has 3 aliphatic rings. The minimum Gasteiger partial charge on any atom is -0.508 e. The molecule has 0 saturated carbocycles. The van der Waals surface area contributed by atoms with Crippen LogP contribution >= 0.6 is 11.6 Å². The summed E-state index contributed by atoms with van der Waals surface area (Å²) in [6, 6.07) is 22.6. The van der Waals surface area contributed by atoms with Gasteiger partial charge in [-0.1, -0.05) is 35.9 Å². The van der Waals surface area contributed by atoms with E-state index in [0.717, 1.165) is 43.0 Å². The number of alkyl halides is 2. The van der Waals surface area contributed by atoms with Crippen molar-refractivity contribution in [3.05, 3.63) is 124 Å². The lowest BCUT2D eigenvalue weighted by atomic mass is 9.92. The average molecular weight is 781 g/mol. The number of hydrogen-bond donors (Lipinski definition) is 1. The van der Waals surface area contributed by atoms with Crippen LogP contribution in [0, 0.1) is 0 Å². The molecule has 8 rings (SSSR count). The van der Waals surface area contributed by atoms with Crippen molar-refractivity contribution in [1.29, 1.82) is 0 Å². The van der Waals surface area contributed by atoms with Gasteiger partial charge in [-0.15, -0.1) is 0 Å². The van der Waals surface area contributed by atoms with Gasteiger partial charge < -0.3 is 24.2 Å². The number of carbonyl (C=O) groups excluding carboxylic acids is 2. The number of halogens is 3. The van der Waals surface area contributed by atoms with Gasteiger partial charge in [0.2, 0.25) is 6.43 Å². The molecule has 1 fully saturated rings. The minimum atomic E-state index is -2.77. The topological polar surface area (TPSA) is 94.4 Å². The molecule has 10 nitrogen and oxygen atoms in total. The smallest absolute Gasteiger partial charge is 0.264 e. The van der Waals surface area contributed by atoms with E-state index in [1.54, 1.807) is 54.2 Å². The van der Waals surface area contributed by atoms with Crippen LogP contribution in [0.3, 0.4) is 0 Å². The van der Waals surface area contributed by atoms with Crippen molar-refractivity contribution >= 4 is 40.6 Å². The second-order valence-corrected chi connectivity index (χ2v) is 15.1. The Labute approximate surface area is 329 Å². The number of ether oxygens (including phenoxy) is 1. The zero-order valence-electron chi connectivity index (χ0n) is 31.3. The number of carbonyl (C=O) groups is 2. The van der Waals surface area contributed by atoms with E-state index in [9.17, 15) is 23.5 Å². The number of aromatic hydroxyl groups is 1. The molecule has 56 heavy (non-hydrogen) atoms. The predicted molar refractivity (Wildman–Crippen MR) is 212 cm³/mol. The summed E-state index contributed by atoms with van der Waals surface area (Å²) in [7, 11) is 3.59. The molecular formula is C43H43ClF2N6O4. The molecule has 0 radical (unpaired) electrons. The Morgan fingerprint density at radius 3 is 2.43 bits per heavy atom. The number of anilines is 3. The number of rotatable bonds is 9. The van der Waals surface area contributed by atoms with Gasteiger partial charge in [-0.25, -0.2) is 13.8 Å². The molecule has 5 aromatic rings. The van der Waals surface area contributed by atoms with Crippen molar-refractivity contribution in [2.75, 3.05) is 56.2 Å². The molecule has 3 aromatic carbocycles. The molecule has 1 atom stereocenters. The van der Waals surface area contributed by atoms with Gasteiger partial charge in [-0.3, -0.25) is 19.4 Å². The molecule has 3 aliphatic heterocycles. The van der Waals surface area contributed by atoms with Crippen LogP contribution in [-0.4, -0.2) is 95.2 Å². The van der Waals surface area contributed by atoms with Crippen LogP contribution in [-0.2, 0) is 37.6 Å². The third kappa shape index (κ3) is 7.36. The van der Waals surface area contributed by atoms with Crippen LogP contribution in [0.5, 0.6) is 5.75 Å². The zero-order valence-corrected chi connectivity index (χ0v) is 32.1. The van der Waals surface area contributed by atoms with Crippen molar-refractivity contribution in [3.8, 4) is 17.0 Å². The highest BCUT2D eigenvalue weighted by Crippen LogP contribution is 2.38. The molecular weight excluding hydrogens is 738 g/mol. The number of phenols is 1. The Bertz CT molecular complexity index is 2280. The Balaban J connectivity index is 1.22. The number of nitrogens with zero attached hydrogens (tertiary/aromatic N) is 6. The maximum atomic E-state index is 14.9. The van der Waals surface area contributed by atoms with E-state index < -0.39 is 18.8 Å². The van der Waals surface area contributed by atoms with Crippen molar-refractivity contribution in [3.63, 3.8) is 0 Å². The summed E-state index contributed by atoms with van der Waals surface area (Å²) in [5, 5.41) is 10.5. The summed E-state index contributed by atoms with van der Waals surface area (Å²) in [4.78, 5) is 42.2. The lowest BCUT2D eigenvalue weighted by Gasteiger charge is -2.40. The maximum absolute atomic E-state index is 14.9. The predicted octanol–water partition coefficient (Wildman–Crippen LogP) is 7.12. The first-order valence-corrected chi connectivity index (χ1v) is 19.2. The number of aromatic nitrogens is 2. The fourth-order valence-electron chi connectivity index (χ4n) is 8.26. The molecule has 1 saturated heterocycles. The molecule has 0 bridgehead atoms. The van der Waals surface area contributed by atoms with Crippen LogP contribution < -0.4 is 9.80 Å². The molecule has 290 valence electrons. The number of morpholine rings is 1. The number of hydrogen-bond acceptors (Lipinski definition) is 7. The Morgan fingerprint density at radius 2 is 1.68 bits per heavy atom. The van der Waals surface area contributed by atoms with Crippen molar-refractivity contribution in [2.24, 2.45) is 7.05 Å². The van der Waals surface area contributed by atoms with Crippen molar-refractivity contribution in [1.82, 2.24) is 19.4 Å². The van der Waals surface area contributed by atoms with E-state index >= 15 is 0 Å². The summed E-state index contributed by atoms with van der Waals surface area (Å²) >= 11 is 6.63. The molecule has 1 N–H and O–H groups in total. The SMILES string of the molecule is CN1CCc2cc(N(C(=O)c3cc(-c4cc(Cl)ccc4C(=O)N4Cc5ccccc5C[C@H]4CN4CCOCC4)n(C)c3CC(F)F)c3ccc(O)cc3)cnc21. The molecule has 13 heteroatoms. The first kappa shape index (κ1) is 37.6. The first-order chi connectivity index (χ1) is 27.0. The molecule has 2 aromatic heterocycles. The summed E-state index contributed by atoms with van der Waals surface area (Å²) in [5.74, 6) is 0.0516. The third-order valence-corrected chi connectivity index (χ3v) is 11.4. The summed E-state index contributed by atoms with van der Waals surface area (Å²) < 4.78 is 36.0. The van der Waals surface area contributed by atoms with Crippen molar-refractivity contribution < 1.29 is 28.2 Å². The average Bonchev–Trinajstić information content (AvgIpc) is 3.73. The van der Waals surface area contributed by atoms with Crippen LogP contribution in [0.15, 0.2) is 85.1 Å². The van der Waals surface area contributed by atoms with E-state index in [1.807, 2.05) is 41.1 Å². The number of fused-ring (bicyclic) bond motifs is 2. The van der Waals surface area contributed by atoms with Crippen LogP contribution in [0.25, 0.3) is 11.3 Å². The Hall–Kier alpha value is -5.30. The normalized spacial score (nSPS) is 16.9. The van der Waals surface area contributed by atoms with E-state index in [-0.39, 0.29) is 29.0 Å². The lowest BCUT2D eigenvalue weighted by Crippen LogP contribution is -2.52. The van der Waals surface area contributed by atoms with Gasteiger partial charge in [0.05, 0.1) is 30.7 Å². The minimum absolute atomic E-state index is 0.0118. The van der Waals surface area contributed by atoms with Gasteiger partial charge in [0.15, 0.2) is 0 Å². The number of pyridine rings is 1. The van der Waals surface area contributed by atoms with E-state index in [2.05, 4.69) is 16.0 Å². The van der Waals surface area contributed by atoms with Crippen molar-refractivity contribution in [2.45, 2.75) is 38.3 Å². The first-order valence-electron chi connectivity index (χ1n) is 18.8. The summed E-state index contributed by atoms with van der Waals surface area (Å²) in [5.41, 5.74) is 5.45. The van der Waals surface area contributed by atoms with E-state index in [0.29, 0.717) is 65.9 Å². The quantitative estimate of drug-likeness (QED) is 0.170. The van der Waals surface area contributed by atoms with E-state index in [1.165, 1.54) is 22.6 Å². The third-order valence-electron chi connectivity index (χ3n) is 11.2. The van der Waals surface area contributed by atoms with Gasteiger partial charge >= 0.3 is 0 Å². The second kappa shape index (κ2) is 15.7. The lowest BCUT2D eigenvalue weighted by molar-refractivity contribution is 0.0193. The number of amides is 2. The van der Waals surface area contributed by atoms with Gasteiger partial charge in [0.1, 0.15) is 11.6 Å². The Morgan fingerprint density at radius 1 is 0.929 bits per heavy atom. The van der Waals surface area contributed by atoms with Crippen LogP contribution in [0.1, 0.15) is 43.1 Å². The van der Waals surface area contributed by atoms with Crippen LogP contribution in [0.4, 0.5) is 26.0 Å². The highest BCUT2D eigenvalue weighted by atomic mass is 35.5. The van der Waals surface area contributed by atoms with Crippen LogP contribution in [0.2, 0.25) is 5.02 Å². The van der Waals surface area contributed by atoms with Gasteiger partial charge in [0, 0.05) is 92.5 Å². The summed E-state index contributed by atoms with van der Waals surface area (Å²) in [6.45, 7) is 4.69. The van der Waals surface area contributed by atoms with Gasteiger partial charge in [-0.2, -0.15) is 0 Å². The Kier molecular flexibility index (Phi) is 10.5. The molecule has 0 spiro atoms. The summed E-state index contributed by atoms with van der Waals surface area (Å²) in [6.07, 6.45) is -0.456. The second-order valence-electron chi connectivity index (χ2n) is 14.7. The number of likely N-dealkylation sites (N-methyl/N-ethyl adjacent to an activating group) is 1. The largest absolute Gasteiger partial charge is 0.508 e. The molecule has 0 aliphatic carbocycles. The monoisotopic (exact) mass is 780 g/mol. The highest BCUT2D eigenvalue weighted by Gasteiger charge is 2.35. The standard InChI is InChI=1S/C43H43ClF2N6O4/c1-48-14-13-28-20-32(24-47-41(28)48)52(31-8-10-34(53)11-9-31)43(55)37-22-38(49(2)39(37)23-40(45)46)36-21-30(44)7-12-35(36)42(54)51-25-29-6-4-3-5-27(29)19-33(51)26-50-15-17-56-18-16-50/h3-12,20-22,24,33,40,53H,13-19,23,25-26H2,1-2H3/t33-/m0/s1. The van der Waals surface area contributed by atoms with Gasteiger partial charge in [-0.05, 0) is 84.1 Å². The molecule has 0 unspecified atom stereocenters. The fraction of sp³-hybridized carbons (Fsp3) is 0.326. The molecule has 5 heterocycles. The van der Waals surface area contributed by atoms with Gasteiger partial charge in [0.25, 0.3) is 11.8 Å². The number of benzene rings is 3. The highest BCUT2D eigenvalue weighted by molar-refractivity contribution is 6.31. The van der Waals surface area contributed by atoms with E-state index in [4.69, 9.17) is 16.3 Å². The fourth-order valence-corrected chi connectivity index (χ4v) is 8.43.